The summed E-state index contributed by atoms with van der Waals surface area (Å²) in [6.07, 6.45) is 1.18. The Balaban J connectivity index is 2.38. The summed E-state index contributed by atoms with van der Waals surface area (Å²) in [6.45, 7) is 4.51. The van der Waals surface area contributed by atoms with Crippen LogP contribution in [0.5, 0.6) is 5.75 Å². The van der Waals surface area contributed by atoms with Gasteiger partial charge in [0.2, 0.25) is 5.91 Å². The van der Waals surface area contributed by atoms with E-state index in [1.165, 1.54) is 0 Å². The molecule has 0 saturated carbocycles. The van der Waals surface area contributed by atoms with Crippen molar-refractivity contribution in [2.24, 2.45) is 0 Å². The fraction of sp³-hybridized carbons (Fsp3) is 0.375. The molecule has 118 valence electrons. The first-order valence-electron chi connectivity index (χ1n) is 7.34. The van der Waals surface area contributed by atoms with Crippen molar-refractivity contribution in [2.75, 3.05) is 6.61 Å². The molecule has 1 heterocycles. The van der Waals surface area contributed by atoms with E-state index < -0.39 is 5.97 Å². The minimum atomic E-state index is -1.05. The molecule has 1 aromatic carbocycles. The molecule has 0 atom stereocenters. The van der Waals surface area contributed by atoms with Gasteiger partial charge in [0.25, 0.3) is 0 Å². The molecule has 0 unspecified atom stereocenters. The lowest BCUT2D eigenvalue weighted by Crippen LogP contribution is -2.23. The molecule has 0 bridgehead atoms. The molecule has 0 aliphatic heterocycles. The molecule has 0 aliphatic rings. The van der Waals surface area contributed by atoms with Crippen molar-refractivity contribution >= 4 is 22.8 Å². The number of aromatic nitrogens is 1. The quantitative estimate of drug-likeness (QED) is 0.733. The number of rotatable bonds is 7. The van der Waals surface area contributed by atoms with E-state index in [1.54, 1.807) is 18.2 Å². The van der Waals surface area contributed by atoms with Crippen LogP contribution in [0.2, 0.25) is 0 Å². The third kappa shape index (κ3) is 3.39. The molecule has 0 saturated heterocycles. The van der Waals surface area contributed by atoms with Gasteiger partial charge in [-0.3, -0.25) is 4.79 Å². The molecule has 1 amide bonds. The second kappa shape index (κ2) is 6.98. The van der Waals surface area contributed by atoms with Gasteiger partial charge in [-0.25, -0.2) is 4.79 Å². The summed E-state index contributed by atoms with van der Waals surface area (Å²) in [5, 5.41) is 12.8. The average molecular weight is 304 g/mol. The lowest BCUT2D eigenvalue weighted by atomic mass is 10.1. The Morgan fingerprint density at radius 3 is 2.73 bits per heavy atom. The first kappa shape index (κ1) is 15.9. The highest BCUT2D eigenvalue weighted by atomic mass is 16.5. The summed E-state index contributed by atoms with van der Waals surface area (Å²) >= 11 is 0. The molecule has 0 aliphatic carbocycles. The number of hydrogen-bond donors (Lipinski definition) is 3. The SMILES string of the molecule is CCCC(=O)NCc1c(C(=O)O)[nH]c2ccc(OCC)cc12. The number of carbonyl (C=O) groups is 2. The highest BCUT2D eigenvalue weighted by Crippen LogP contribution is 2.27. The van der Waals surface area contributed by atoms with Crippen LogP contribution in [0.15, 0.2) is 18.2 Å². The number of carboxylic acids is 1. The van der Waals surface area contributed by atoms with Crippen molar-refractivity contribution < 1.29 is 19.4 Å². The largest absolute Gasteiger partial charge is 0.494 e. The standard InChI is InChI=1S/C16H20N2O4/c1-3-5-14(19)17-9-12-11-8-10(22-4-2)6-7-13(11)18-15(12)16(20)21/h6-8,18H,3-5,9H2,1-2H3,(H,17,19)(H,20,21). The Labute approximate surface area is 128 Å². The molecular weight excluding hydrogens is 284 g/mol. The second-order valence-corrected chi connectivity index (χ2v) is 4.95. The number of carbonyl (C=O) groups excluding carboxylic acids is 1. The zero-order valence-corrected chi connectivity index (χ0v) is 12.7. The van der Waals surface area contributed by atoms with Gasteiger partial charge >= 0.3 is 5.97 Å². The fourth-order valence-electron chi connectivity index (χ4n) is 2.35. The number of hydrogen-bond acceptors (Lipinski definition) is 3. The van der Waals surface area contributed by atoms with E-state index in [0.29, 0.717) is 29.9 Å². The Morgan fingerprint density at radius 2 is 2.09 bits per heavy atom. The number of ether oxygens (including phenoxy) is 1. The van der Waals surface area contributed by atoms with Crippen molar-refractivity contribution in [3.8, 4) is 5.75 Å². The maximum absolute atomic E-state index is 11.6. The van der Waals surface area contributed by atoms with E-state index in [0.717, 1.165) is 11.8 Å². The lowest BCUT2D eigenvalue weighted by Gasteiger charge is -2.06. The van der Waals surface area contributed by atoms with Crippen LogP contribution in [0.3, 0.4) is 0 Å². The molecule has 2 aromatic rings. The maximum atomic E-state index is 11.6. The number of fused-ring (bicyclic) bond motifs is 1. The number of benzene rings is 1. The van der Waals surface area contributed by atoms with Gasteiger partial charge in [-0.05, 0) is 31.5 Å². The molecule has 3 N–H and O–H groups in total. The summed E-state index contributed by atoms with van der Waals surface area (Å²) in [5.41, 5.74) is 1.37. The number of aromatic carboxylic acids is 1. The van der Waals surface area contributed by atoms with Gasteiger partial charge in [-0.15, -0.1) is 0 Å². The van der Waals surface area contributed by atoms with Crippen LogP contribution in [0.1, 0.15) is 42.7 Å². The number of nitrogens with one attached hydrogen (secondary N) is 2. The van der Waals surface area contributed by atoms with E-state index in [9.17, 15) is 14.7 Å². The number of H-pyrrole nitrogens is 1. The first-order chi connectivity index (χ1) is 10.6. The minimum Gasteiger partial charge on any atom is -0.494 e. The molecule has 6 nitrogen and oxygen atoms in total. The molecule has 1 aromatic heterocycles. The van der Waals surface area contributed by atoms with Crippen molar-refractivity contribution in [3.63, 3.8) is 0 Å². The van der Waals surface area contributed by atoms with Gasteiger partial charge in [0.05, 0.1) is 6.61 Å². The third-order valence-corrected chi connectivity index (χ3v) is 3.34. The van der Waals surface area contributed by atoms with Gasteiger partial charge in [0, 0.05) is 29.4 Å². The Morgan fingerprint density at radius 1 is 1.32 bits per heavy atom. The summed E-state index contributed by atoms with van der Waals surface area (Å²) in [5.74, 6) is -0.463. The monoisotopic (exact) mass is 304 g/mol. The Kier molecular flexibility index (Phi) is 5.04. The maximum Gasteiger partial charge on any atom is 0.352 e. The smallest absolute Gasteiger partial charge is 0.352 e. The second-order valence-electron chi connectivity index (χ2n) is 4.95. The highest BCUT2D eigenvalue weighted by molar-refractivity contribution is 5.98. The minimum absolute atomic E-state index is 0.0887. The lowest BCUT2D eigenvalue weighted by molar-refractivity contribution is -0.121. The third-order valence-electron chi connectivity index (χ3n) is 3.34. The highest BCUT2D eigenvalue weighted by Gasteiger charge is 2.18. The molecule has 0 radical (unpaired) electrons. The van der Waals surface area contributed by atoms with Gasteiger partial charge in [0.1, 0.15) is 11.4 Å². The van der Waals surface area contributed by atoms with E-state index >= 15 is 0 Å². The predicted octanol–water partition coefficient (Wildman–Crippen LogP) is 2.68. The predicted molar refractivity (Wildman–Crippen MR) is 83.2 cm³/mol. The van der Waals surface area contributed by atoms with Crippen LogP contribution in [0.4, 0.5) is 0 Å². The van der Waals surface area contributed by atoms with E-state index in [-0.39, 0.29) is 18.1 Å². The molecule has 0 fully saturated rings. The van der Waals surface area contributed by atoms with E-state index in [2.05, 4.69) is 10.3 Å². The van der Waals surface area contributed by atoms with Crippen LogP contribution in [-0.2, 0) is 11.3 Å². The molecule has 6 heteroatoms. The molecule has 2 rings (SSSR count). The van der Waals surface area contributed by atoms with Crippen molar-refractivity contribution in [3.05, 3.63) is 29.5 Å². The van der Waals surface area contributed by atoms with Crippen molar-refractivity contribution in [2.45, 2.75) is 33.2 Å². The van der Waals surface area contributed by atoms with Crippen molar-refractivity contribution in [1.82, 2.24) is 10.3 Å². The molecule has 22 heavy (non-hydrogen) atoms. The van der Waals surface area contributed by atoms with Gasteiger partial charge < -0.3 is 20.1 Å². The Bertz CT molecular complexity index is 691. The zero-order chi connectivity index (χ0) is 16.1. The number of carboxylic acid groups (broad SMARTS) is 1. The van der Waals surface area contributed by atoms with Crippen LogP contribution in [0, 0.1) is 0 Å². The van der Waals surface area contributed by atoms with Gasteiger partial charge in [-0.2, -0.15) is 0 Å². The summed E-state index contributed by atoms with van der Waals surface area (Å²) in [6, 6.07) is 5.36. The number of amides is 1. The summed E-state index contributed by atoms with van der Waals surface area (Å²) in [7, 11) is 0. The number of aromatic amines is 1. The first-order valence-corrected chi connectivity index (χ1v) is 7.34. The van der Waals surface area contributed by atoms with Crippen LogP contribution in [0.25, 0.3) is 10.9 Å². The van der Waals surface area contributed by atoms with Crippen LogP contribution < -0.4 is 10.1 Å². The summed E-state index contributed by atoms with van der Waals surface area (Å²) < 4.78 is 5.45. The van der Waals surface area contributed by atoms with E-state index in [4.69, 9.17) is 4.74 Å². The van der Waals surface area contributed by atoms with Gasteiger partial charge in [-0.1, -0.05) is 6.92 Å². The Hall–Kier alpha value is -2.50. The van der Waals surface area contributed by atoms with E-state index in [1.807, 2.05) is 13.8 Å². The fourth-order valence-corrected chi connectivity index (χ4v) is 2.35. The topological polar surface area (TPSA) is 91.4 Å². The molecule has 0 spiro atoms. The summed E-state index contributed by atoms with van der Waals surface area (Å²) in [4.78, 5) is 25.9. The average Bonchev–Trinajstić information content (AvgIpc) is 2.84. The zero-order valence-electron chi connectivity index (χ0n) is 12.7. The normalized spacial score (nSPS) is 10.6. The van der Waals surface area contributed by atoms with Crippen LogP contribution in [-0.4, -0.2) is 28.6 Å². The van der Waals surface area contributed by atoms with Gasteiger partial charge in [0.15, 0.2) is 0 Å². The van der Waals surface area contributed by atoms with Crippen molar-refractivity contribution in [1.29, 1.82) is 0 Å². The van der Waals surface area contributed by atoms with Crippen LogP contribution >= 0.6 is 0 Å². The molecular formula is C16H20N2O4.